The zero-order valence-electron chi connectivity index (χ0n) is 18.4. The number of nitrogens with one attached hydrogen (secondary N) is 1. The van der Waals surface area contributed by atoms with Crippen molar-refractivity contribution in [1.29, 1.82) is 0 Å². The molecule has 0 spiro atoms. The highest BCUT2D eigenvalue weighted by molar-refractivity contribution is 5.98. The van der Waals surface area contributed by atoms with Gasteiger partial charge >= 0.3 is 0 Å². The van der Waals surface area contributed by atoms with Gasteiger partial charge in [0, 0.05) is 18.5 Å². The molecule has 1 heterocycles. The van der Waals surface area contributed by atoms with Crippen molar-refractivity contribution in [1.82, 2.24) is 9.88 Å². The number of methoxy groups -OCH3 is 1. The van der Waals surface area contributed by atoms with Crippen LogP contribution in [0, 0.1) is 13.8 Å². The number of benzene rings is 3. The van der Waals surface area contributed by atoms with E-state index in [1.807, 2.05) is 30.3 Å². The summed E-state index contributed by atoms with van der Waals surface area (Å²) in [7, 11) is 1.66. The topological polar surface area (TPSA) is 58.8 Å². The second kappa shape index (κ2) is 9.23. The summed E-state index contributed by atoms with van der Waals surface area (Å²) in [5.41, 5.74) is 5.73. The van der Waals surface area contributed by atoms with Gasteiger partial charge < -0.3 is 19.8 Å². The van der Waals surface area contributed by atoms with Crippen LogP contribution in [0.4, 0.5) is 0 Å². The maximum absolute atomic E-state index is 9.91. The number of ether oxygens (including phenoxy) is 1. The standard InChI is InChI=1S/C26H29N3O2/c1-18-16-23(31-3)24-25(28-30)21-12-7-8-13-22(21)29(26(24)19(18)2)15-9-14-27-17-20-10-5-4-6-11-20/h4-8,10-13,16,27,30H,9,14-15,17H2,1-3H3/b28-25+. The van der Waals surface area contributed by atoms with E-state index in [2.05, 4.69) is 59.2 Å². The van der Waals surface area contributed by atoms with Gasteiger partial charge in [-0.2, -0.15) is 0 Å². The normalized spacial score (nSPS) is 12.0. The molecular weight excluding hydrogens is 386 g/mol. The third kappa shape index (κ3) is 4.01. The molecule has 0 saturated heterocycles. The van der Waals surface area contributed by atoms with Gasteiger partial charge in [-0.15, -0.1) is 0 Å². The lowest BCUT2D eigenvalue weighted by Gasteiger charge is -2.20. The maximum Gasteiger partial charge on any atom is 0.130 e. The van der Waals surface area contributed by atoms with Crippen molar-refractivity contribution in [3.63, 3.8) is 0 Å². The molecular formula is C26H29N3O2. The number of hydrogen-bond donors (Lipinski definition) is 2. The fraction of sp³-hybridized carbons (Fsp3) is 0.269. The molecule has 2 N–H and O–H groups in total. The van der Waals surface area contributed by atoms with Crippen LogP contribution in [-0.2, 0) is 13.1 Å². The van der Waals surface area contributed by atoms with Crippen LogP contribution in [0.2, 0.25) is 0 Å². The van der Waals surface area contributed by atoms with Gasteiger partial charge in [0.15, 0.2) is 0 Å². The van der Waals surface area contributed by atoms with Gasteiger partial charge in [0.2, 0.25) is 0 Å². The average Bonchev–Trinajstić information content (AvgIpc) is 2.81. The van der Waals surface area contributed by atoms with E-state index in [9.17, 15) is 5.21 Å². The van der Waals surface area contributed by atoms with Crippen LogP contribution in [0.15, 0.2) is 65.8 Å². The van der Waals surface area contributed by atoms with Crippen molar-refractivity contribution < 1.29 is 9.94 Å². The summed E-state index contributed by atoms with van der Waals surface area (Å²) in [6.07, 6.45) is 0.974. The Morgan fingerprint density at radius 1 is 1.03 bits per heavy atom. The summed E-state index contributed by atoms with van der Waals surface area (Å²) in [5.74, 6) is 0.729. The Labute approximate surface area is 182 Å². The molecule has 0 aliphatic heterocycles. The third-order valence-corrected chi connectivity index (χ3v) is 5.96. The van der Waals surface area contributed by atoms with Crippen LogP contribution in [0.3, 0.4) is 0 Å². The second-order valence-corrected chi connectivity index (χ2v) is 7.88. The minimum absolute atomic E-state index is 0.559. The number of hydrogen-bond acceptors (Lipinski definition) is 4. The van der Waals surface area contributed by atoms with Gasteiger partial charge in [-0.25, -0.2) is 0 Å². The Morgan fingerprint density at radius 2 is 1.77 bits per heavy atom. The lowest BCUT2D eigenvalue weighted by atomic mass is 10.0. The van der Waals surface area contributed by atoms with E-state index >= 15 is 0 Å². The molecule has 0 unspecified atom stereocenters. The first-order valence-electron chi connectivity index (χ1n) is 10.7. The number of nitrogens with zero attached hydrogens (tertiary/aromatic N) is 2. The fourth-order valence-electron chi connectivity index (χ4n) is 4.29. The van der Waals surface area contributed by atoms with Crippen molar-refractivity contribution in [2.24, 2.45) is 5.16 Å². The number of aryl methyl sites for hydroxylation is 3. The molecule has 4 rings (SSSR count). The van der Waals surface area contributed by atoms with Crippen LogP contribution < -0.4 is 15.4 Å². The number of fused-ring (bicyclic) bond motifs is 2. The number of pyridine rings is 1. The molecule has 5 nitrogen and oxygen atoms in total. The molecule has 3 aromatic carbocycles. The van der Waals surface area contributed by atoms with E-state index in [4.69, 9.17) is 4.74 Å². The summed E-state index contributed by atoms with van der Waals surface area (Å²) in [6.45, 7) is 6.83. The largest absolute Gasteiger partial charge is 0.496 e. The Balaban J connectivity index is 1.75. The molecule has 5 heteroatoms. The molecule has 0 radical (unpaired) electrons. The molecule has 0 atom stereocenters. The molecule has 31 heavy (non-hydrogen) atoms. The number of rotatable bonds is 7. The smallest absolute Gasteiger partial charge is 0.130 e. The SMILES string of the molecule is COc1cc(C)c(C)c2c1/c(=N/O)c1ccccc1n2CCCNCc1ccccc1. The van der Waals surface area contributed by atoms with Crippen LogP contribution in [0.5, 0.6) is 5.75 Å². The quantitative estimate of drug-likeness (QED) is 0.196. The van der Waals surface area contributed by atoms with E-state index in [1.54, 1.807) is 7.11 Å². The Kier molecular flexibility index (Phi) is 6.23. The molecule has 0 bridgehead atoms. The fourth-order valence-corrected chi connectivity index (χ4v) is 4.29. The first kappa shape index (κ1) is 20.9. The van der Waals surface area contributed by atoms with Gasteiger partial charge in [0.1, 0.15) is 11.1 Å². The van der Waals surface area contributed by atoms with E-state index in [0.29, 0.717) is 5.36 Å². The van der Waals surface area contributed by atoms with Gasteiger partial charge in [0.25, 0.3) is 0 Å². The van der Waals surface area contributed by atoms with Gasteiger partial charge in [0.05, 0.1) is 23.5 Å². The Hall–Kier alpha value is -3.31. The van der Waals surface area contributed by atoms with E-state index in [-0.39, 0.29) is 0 Å². The highest BCUT2D eigenvalue weighted by atomic mass is 16.5. The third-order valence-electron chi connectivity index (χ3n) is 5.96. The molecule has 0 saturated carbocycles. The van der Waals surface area contributed by atoms with Gasteiger partial charge in [-0.1, -0.05) is 53.7 Å². The second-order valence-electron chi connectivity index (χ2n) is 7.88. The van der Waals surface area contributed by atoms with Crippen LogP contribution >= 0.6 is 0 Å². The molecule has 4 aromatic rings. The summed E-state index contributed by atoms with van der Waals surface area (Å²) in [5, 5.41) is 19.5. The van der Waals surface area contributed by atoms with E-state index in [1.165, 1.54) is 11.1 Å². The van der Waals surface area contributed by atoms with Crippen LogP contribution in [-0.4, -0.2) is 23.4 Å². The van der Waals surface area contributed by atoms with Crippen molar-refractivity contribution in [2.45, 2.75) is 33.4 Å². The molecule has 0 amide bonds. The Morgan fingerprint density at radius 3 is 2.52 bits per heavy atom. The summed E-state index contributed by atoms with van der Waals surface area (Å²) < 4.78 is 8.05. The maximum atomic E-state index is 9.91. The minimum Gasteiger partial charge on any atom is -0.496 e. The Bertz CT molecular complexity index is 1280. The predicted octanol–water partition coefficient (Wildman–Crippen LogP) is 4.89. The lowest BCUT2D eigenvalue weighted by molar-refractivity contribution is 0.303. The van der Waals surface area contributed by atoms with Crippen molar-refractivity contribution in [3.8, 4) is 5.75 Å². The van der Waals surface area contributed by atoms with Crippen LogP contribution in [0.1, 0.15) is 23.1 Å². The summed E-state index contributed by atoms with van der Waals surface area (Å²) >= 11 is 0. The summed E-state index contributed by atoms with van der Waals surface area (Å²) in [6, 6.07) is 20.6. The number of aromatic nitrogens is 1. The van der Waals surface area contributed by atoms with E-state index in [0.717, 1.165) is 59.2 Å². The first-order valence-corrected chi connectivity index (χ1v) is 10.7. The lowest BCUT2D eigenvalue weighted by Crippen LogP contribution is -2.19. The predicted molar refractivity (Wildman–Crippen MR) is 126 cm³/mol. The van der Waals surface area contributed by atoms with Crippen molar-refractivity contribution in [3.05, 3.63) is 82.7 Å². The molecule has 1 aromatic heterocycles. The average molecular weight is 416 g/mol. The van der Waals surface area contributed by atoms with Crippen LogP contribution in [0.25, 0.3) is 21.8 Å². The molecule has 160 valence electrons. The van der Waals surface area contributed by atoms with Gasteiger partial charge in [-0.3, -0.25) is 0 Å². The highest BCUT2D eigenvalue weighted by Gasteiger charge is 2.17. The van der Waals surface area contributed by atoms with Crippen molar-refractivity contribution >= 4 is 21.8 Å². The molecule has 0 aliphatic rings. The molecule has 0 aliphatic carbocycles. The first-order chi connectivity index (χ1) is 15.2. The van der Waals surface area contributed by atoms with Crippen molar-refractivity contribution in [2.75, 3.05) is 13.7 Å². The monoisotopic (exact) mass is 415 g/mol. The highest BCUT2D eigenvalue weighted by Crippen LogP contribution is 2.31. The van der Waals surface area contributed by atoms with E-state index < -0.39 is 0 Å². The van der Waals surface area contributed by atoms with Gasteiger partial charge in [-0.05, 0) is 55.6 Å². The number of para-hydroxylation sites is 1. The zero-order valence-corrected chi connectivity index (χ0v) is 18.4. The minimum atomic E-state index is 0.559. The molecule has 0 fully saturated rings. The summed E-state index contributed by atoms with van der Waals surface area (Å²) in [4.78, 5) is 0. The zero-order chi connectivity index (χ0) is 21.8.